The lowest BCUT2D eigenvalue weighted by Crippen LogP contribution is -2.36. The van der Waals surface area contributed by atoms with Crippen LogP contribution in [0.4, 0.5) is 0 Å². The Balaban J connectivity index is 2.04. The van der Waals surface area contributed by atoms with Crippen LogP contribution in [-0.2, 0) is 6.42 Å². The molecule has 1 heterocycles. The van der Waals surface area contributed by atoms with Crippen molar-refractivity contribution in [2.75, 3.05) is 0 Å². The Hall–Kier alpha value is -0.890. The molecular weight excluding hydrogens is 186 g/mol. The summed E-state index contributed by atoms with van der Waals surface area (Å²) in [7, 11) is 0. The van der Waals surface area contributed by atoms with E-state index >= 15 is 0 Å². The topological polar surface area (TPSA) is 33.1 Å². The van der Waals surface area contributed by atoms with Crippen LogP contribution in [0.25, 0.3) is 0 Å². The molecule has 0 radical (unpaired) electrons. The van der Waals surface area contributed by atoms with Gasteiger partial charge in [-0.3, -0.25) is 4.98 Å². The molecule has 1 fully saturated rings. The van der Waals surface area contributed by atoms with E-state index in [1.54, 1.807) is 12.4 Å². The molecule has 0 spiro atoms. The molecule has 2 atom stereocenters. The van der Waals surface area contributed by atoms with Crippen LogP contribution in [0.1, 0.15) is 38.2 Å². The van der Waals surface area contributed by atoms with Gasteiger partial charge in [-0.1, -0.05) is 19.8 Å². The fourth-order valence-corrected chi connectivity index (χ4v) is 2.67. The van der Waals surface area contributed by atoms with Gasteiger partial charge in [-0.2, -0.15) is 0 Å². The van der Waals surface area contributed by atoms with E-state index < -0.39 is 5.60 Å². The molecule has 0 saturated heterocycles. The highest BCUT2D eigenvalue weighted by molar-refractivity contribution is 5.13. The molecule has 2 heteroatoms. The summed E-state index contributed by atoms with van der Waals surface area (Å²) in [6.07, 6.45) is 8.67. The van der Waals surface area contributed by atoms with Crippen LogP contribution >= 0.6 is 0 Å². The average molecular weight is 205 g/mol. The molecule has 15 heavy (non-hydrogen) atoms. The summed E-state index contributed by atoms with van der Waals surface area (Å²) in [5, 5.41) is 10.5. The molecule has 2 rings (SSSR count). The third kappa shape index (κ3) is 2.78. The Labute approximate surface area is 91.4 Å². The summed E-state index contributed by atoms with van der Waals surface area (Å²) in [4.78, 5) is 3.99. The van der Waals surface area contributed by atoms with Crippen LogP contribution in [0.15, 0.2) is 24.5 Å². The predicted molar refractivity (Wildman–Crippen MR) is 60.5 cm³/mol. The number of hydrogen-bond donors (Lipinski definition) is 1. The van der Waals surface area contributed by atoms with Crippen LogP contribution in [0.3, 0.4) is 0 Å². The lowest BCUT2D eigenvalue weighted by molar-refractivity contribution is -0.0123. The van der Waals surface area contributed by atoms with Crippen molar-refractivity contribution >= 4 is 0 Å². The average Bonchev–Trinajstić information content (AvgIpc) is 2.18. The maximum Gasteiger partial charge on any atom is 0.0690 e. The van der Waals surface area contributed by atoms with Gasteiger partial charge in [0.05, 0.1) is 5.60 Å². The minimum atomic E-state index is -0.473. The Morgan fingerprint density at radius 2 is 2.20 bits per heavy atom. The lowest BCUT2D eigenvalue weighted by atomic mass is 9.76. The number of aliphatic hydroxyl groups is 1. The van der Waals surface area contributed by atoms with E-state index in [9.17, 15) is 5.11 Å². The van der Waals surface area contributed by atoms with E-state index in [2.05, 4.69) is 11.9 Å². The molecule has 82 valence electrons. The van der Waals surface area contributed by atoms with Crippen molar-refractivity contribution in [2.24, 2.45) is 5.92 Å². The van der Waals surface area contributed by atoms with Crippen molar-refractivity contribution in [1.82, 2.24) is 4.98 Å². The van der Waals surface area contributed by atoms with E-state index in [0.29, 0.717) is 5.92 Å². The van der Waals surface area contributed by atoms with Crippen LogP contribution in [-0.4, -0.2) is 15.7 Å². The molecule has 1 aliphatic carbocycles. The van der Waals surface area contributed by atoms with Crippen LogP contribution in [0, 0.1) is 5.92 Å². The summed E-state index contributed by atoms with van der Waals surface area (Å²) in [5.74, 6) is 0.658. The smallest absolute Gasteiger partial charge is 0.0690 e. The number of hydrogen-bond acceptors (Lipinski definition) is 2. The minimum Gasteiger partial charge on any atom is -0.390 e. The first-order valence-corrected chi connectivity index (χ1v) is 5.79. The molecule has 1 saturated carbocycles. The second kappa shape index (κ2) is 4.31. The molecule has 1 aromatic heterocycles. The Bertz CT molecular complexity index is 312. The van der Waals surface area contributed by atoms with Crippen molar-refractivity contribution in [3.05, 3.63) is 30.1 Å². The van der Waals surface area contributed by atoms with Crippen LogP contribution < -0.4 is 0 Å². The minimum absolute atomic E-state index is 0.473. The molecule has 0 aromatic carbocycles. The van der Waals surface area contributed by atoms with E-state index in [0.717, 1.165) is 25.7 Å². The van der Waals surface area contributed by atoms with Crippen LogP contribution in [0.2, 0.25) is 0 Å². The van der Waals surface area contributed by atoms with E-state index in [-0.39, 0.29) is 0 Å². The van der Waals surface area contributed by atoms with Crippen molar-refractivity contribution in [3.63, 3.8) is 0 Å². The molecule has 0 bridgehead atoms. The lowest BCUT2D eigenvalue weighted by Gasteiger charge is -2.35. The van der Waals surface area contributed by atoms with Gasteiger partial charge in [0.2, 0.25) is 0 Å². The maximum atomic E-state index is 10.5. The highest BCUT2D eigenvalue weighted by atomic mass is 16.3. The number of pyridine rings is 1. The third-order valence-corrected chi connectivity index (χ3v) is 3.35. The van der Waals surface area contributed by atoms with Gasteiger partial charge in [0.1, 0.15) is 0 Å². The number of nitrogens with zero attached hydrogens (tertiary/aromatic N) is 1. The summed E-state index contributed by atoms with van der Waals surface area (Å²) < 4.78 is 0. The maximum absolute atomic E-state index is 10.5. The SMILES string of the molecule is CC1CCCC(O)(Cc2ccncc2)C1. The zero-order valence-electron chi connectivity index (χ0n) is 9.32. The Morgan fingerprint density at radius 1 is 1.47 bits per heavy atom. The molecule has 1 aromatic rings. The normalized spacial score (nSPS) is 31.5. The quantitative estimate of drug-likeness (QED) is 0.805. The highest BCUT2D eigenvalue weighted by Crippen LogP contribution is 2.34. The fourth-order valence-electron chi connectivity index (χ4n) is 2.67. The van der Waals surface area contributed by atoms with Crippen LogP contribution in [0.5, 0.6) is 0 Å². The standard InChI is InChI=1S/C13H19NO/c1-11-3-2-6-13(15,9-11)10-12-4-7-14-8-5-12/h4-5,7-8,11,15H,2-3,6,9-10H2,1H3. The monoisotopic (exact) mass is 205 g/mol. The van der Waals surface area contributed by atoms with Gasteiger partial charge < -0.3 is 5.11 Å². The van der Waals surface area contributed by atoms with Crippen molar-refractivity contribution in [2.45, 2.75) is 44.6 Å². The van der Waals surface area contributed by atoms with Gasteiger partial charge >= 0.3 is 0 Å². The van der Waals surface area contributed by atoms with Gasteiger partial charge in [-0.05, 0) is 36.5 Å². The van der Waals surface area contributed by atoms with Gasteiger partial charge in [-0.15, -0.1) is 0 Å². The summed E-state index contributed by atoms with van der Waals surface area (Å²) in [6.45, 7) is 2.23. The van der Waals surface area contributed by atoms with Gasteiger partial charge in [0, 0.05) is 18.8 Å². The first kappa shape index (κ1) is 10.6. The van der Waals surface area contributed by atoms with Crippen molar-refractivity contribution in [3.8, 4) is 0 Å². The van der Waals surface area contributed by atoms with E-state index in [4.69, 9.17) is 0 Å². The van der Waals surface area contributed by atoms with Crippen molar-refractivity contribution < 1.29 is 5.11 Å². The van der Waals surface area contributed by atoms with E-state index in [1.807, 2.05) is 12.1 Å². The Morgan fingerprint density at radius 3 is 2.87 bits per heavy atom. The zero-order valence-corrected chi connectivity index (χ0v) is 9.32. The zero-order chi connectivity index (χ0) is 10.7. The largest absolute Gasteiger partial charge is 0.390 e. The second-order valence-electron chi connectivity index (χ2n) is 4.96. The molecule has 0 aliphatic heterocycles. The summed E-state index contributed by atoms with van der Waals surface area (Å²) in [5.41, 5.74) is 0.723. The Kier molecular flexibility index (Phi) is 3.06. The third-order valence-electron chi connectivity index (χ3n) is 3.35. The molecule has 1 aliphatic rings. The first-order chi connectivity index (χ1) is 7.18. The highest BCUT2D eigenvalue weighted by Gasteiger charge is 2.32. The summed E-state index contributed by atoms with van der Waals surface area (Å²) in [6, 6.07) is 3.99. The molecule has 0 amide bonds. The fraction of sp³-hybridized carbons (Fsp3) is 0.615. The number of aromatic nitrogens is 1. The van der Waals surface area contributed by atoms with Gasteiger partial charge in [0.25, 0.3) is 0 Å². The van der Waals surface area contributed by atoms with E-state index in [1.165, 1.54) is 12.0 Å². The number of rotatable bonds is 2. The molecule has 1 N–H and O–H groups in total. The second-order valence-corrected chi connectivity index (χ2v) is 4.96. The summed E-state index contributed by atoms with van der Waals surface area (Å²) >= 11 is 0. The van der Waals surface area contributed by atoms with Gasteiger partial charge in [-0.25, -0.2) is 0 Å². The molecular formula is C13H19NO. The molecule has 2 unspecified atom stereocenters. The first-order valence-electron chi connectivity index (χ1n) is 5.79. The molecule has 2 nitrogen and oxygen atoms in total. The van der Waals surface area contributed by atoms with Gasteiger partial charge in [0.15, 0.2) is 0 Å². The van der Waals surface area contributed by atoms with Crippen molar-refractivity contribution in [1.29, 1.82) is 0 Å². The predicted octanol–water partition coefficient (Wildman–Crippen LogP) is 2.57.